The summed E-state index contributed by atoms with van der Waals surface area (Å²) in [7, 11) is 0. The molecule has 0 radical (unpaired) electrons. The van der Waals surface area contributed by atoms with Gasteiger partial charge in [0.15, 0.2) is 0 Å². The van der Waals surface area contributed by atoms with E-state index in [1.54, 1.807) is 0 Å². The van der Waals surface area contributed by atoms with E-state index in [4.69, 9.17) is 9.84 Å². The van der Waals surface area contributed by atoms with Crippen LogP contribution in [0.3, 0.4) is 0 Å². The highest BCUT2D eigenvalue weighted by Gasteiger charge is 2.26. The molecule has 0 bridgehead atoms. The van der Waals surface area contributed by atoms with Crippen LogP contribution in [0.2, 0.25) is 0 Å². The van der Waals surface area contributed by atoms with E-state index in [1.807, 2.05) is 6.92 Å². The molecular weight excluding hydrogens is 212 g/mol. The van der Waals surface area contributed by atoms with Crippen LogP contribution in [0.25, 0.3) is 0 Å². The zero-order valence-electron chi connectivity index (χ0n) is 9.14. The molecule has 2 rings (SSSR count). The highest BCUT2D eigenvalue weighted by Crippen LogP contribution is 2.13. The Morgan fingerprint density at radius 1 is 1.69 bits per heavy atom. The number of aliphatic hydroxyl groups is 1. The summed E-state index contributed by atoms with van der Waals surface area (Å²) in [5, 5.41) is 15.2. The third-order valence-corrected chi connectivity index (χ3v) is 2.74. The van der Waals surface area contributed by atoms with Crippen molar-refractivity contribution >= 4 is 0 Å². The second-order valence-electron chi connectivity index (χ2n) is 4.04. The van der Waals surface area contributed by atoms with E-state index in [0.29, 0.717) is 25.5 Å². The first-order valence-corrected chi connectivity index (χ1v) is 5.29. The van der Waals surface area contributed by atoms with Crippen LogP contribution in [0.15, 0.2) is 4.79 Å². The lowest BCUT2D eigenvalue weighted by atomic mass is 10.2. The van der Waals surface area contributed by atoms with E-state index in [1.165, 1.54) is 0 Å². The Hall–Kier alpha value is -1.18. The number of nitrogens with zero attached hydrogens (tertiary/aromatic N) is 2. The monoisotopic (exact) mass is 228 g/mol. The van der Waals surface area contributed by atoms with Gasteiger partial charge in [-0.25, -0.2) is 9.89 Å². The summed E-state index contributed by atoms with van der Waals surface area (Å²) >= 11 is 0. The quantitative estimate of drug-likeness (QED) is 0.596. The molecular formula is C9H16N4O3. The van der Waals surface area contributed by atoms with Gasteiger partial charge in [0.05, 0.1) is 25.9 Å². The second kappa shape index (κ2) is 4.77. The van der Waals surface area contributed by atoms with Gasteiger partial charge in [-0.15, -0.1) is 0 Å². The van der Waals surface area contributed by atoms with Crippen molar-refractivity contribution in [1.82, 2.24) is 20.1 Å². The maximum atomic E-state index is 10.9. The van der Waals surface area contributed by atoms with Crippen molar-refractivity contribution in [2.24, 2.45) is 0 Å². The van der Waals surface area contributed by atoms with Crippen LogP contribution in [0, 0.1) is 0 Å². The Morgan fingerprint density at radius 3 is 3.12 bits per heavy atom. The number of hydrogen-bond acceptors (Lipinski definition) is 5. The summed E-state index contributed by atoms with van der Waals surface area (Å²) in [5.74, 6) is 0.607. The van der Waals surface area contributed by atoms with Crippen molar-refractivity contribution in [1.29, 1.82) is 0 Å². The molecule has 7 heteroatoms. The third kappa shape index (κ3) is 2.49. The summed E-state index contributed by atoms with van der Waals surface area (Å²) in [5.41, 5.74) is -0.297. The van der Waals surface area contributed by atoms with Crippen molar-refractivity contribution in [2.45, 2.75) is 25.6 Å². The fourth-order valence-electron chi connectivity index (χ4n) is 1.78. The number of aromatic amines is 2. The molecule has 1 fully saturated rings. The minimum absolute atomic E-state index is 0.0142. The number of nitrogens with one attached hydrogen (secondary N) is 2. The Kier molecular flexibility index (Phi) is 3.37. The van der Waals surface area contributed by atoms with Crippen LogP contribution >= 0.6 is 0 Å². The van der Waals surface area contributed by atoms with Crippen molar-refractivity contribution in [3.8, 4) is 0 Å². The smallest absolute Gasteiger partial charge is 0.340 e. The lowest BCUT2D eigenvalue weighted by Gasteiger charge is -2.36. The van der Waals surface area contributed by atoms with Crippen LogP contribution in [0.1, 0.15) is 12.7 Å². The van der Waals surface area contributed by atoms with Gasteiger partial charge < -0.3 is 9.84 Å². The van der Waals surface area contributed by atoms with Gasteiger partial charge in [0.25, 0.3) is 0 Å². The number of rotatable bonds is 3. The molecule has 1 aromatic rings. The van der Waals surface area contributed by atoms with Crippen molar-refractivity contribution in [2.75, 3.05) is 19.8 Å². The summed E-state index contributed by atoms with van der Waals surface area (Å²) < 4.78 is 5.42. The zero-order chi connectivity index (χ0) is 11.5. The van der Waals surface area contributed by atoms with Gasteiger partial charge in [0, 0.05) is 12.6 Å². The van der Waals surface area contributed by atoms with Gasteiger partial charge in [-0.3, -0.25) is 9.88 Å². The van der Waals surface area contributed by atoms with Crippen molar-refractivity contribution < 1.29 is 9.84 Å². The number of hydrogen-bond donors (Lipinski definition) is 3. The average molecular weight is 228 g/mol. The van der Waals surface area contributed by atoms with Crippen LogP contribution in [0.4, 0.5) is 0 Å². The molecule has 0 amide bonds. The number of H-pyrrole nitrogens is 2. The Labute approximate surface area is 92.4 Å². The maximum Gasteiger partial charge on any atom is 0.340 e. The SMILES string of the molecule is CC1COC(CO)CN1Cc1n[nH]c(=O)[nH]1. The second-order valence-corrected chi connectivity index (χ2v) is 4.04. The van der Waals surface area contributed by atoms with E-state index >= 15 is 0 Å². The Bertz CT molecular complexity index is 388. The van der Waals surface area contributed by atoms with Gasteiger partial charge in [0.1, 0.15) is 5.82 Å². The zero-order valence-corrected chi connectivity index (χ0v) is 9.14. The largest absolute Gasteiger partial charge is 0.394 e. The molecule has 2 unspecified atom stereocenters. The molecule has 0 aromatic carbocycles. The highest BCUT2D eigenvalue weighted by molar-refractivity contribution is 4.85. The van der Waals surface area contributed by atoms with Gasteiger partial charge in [-0.1, -0.05) is 0 Å². The standard InChI is InChI=1S/C9H16N4O3/c1-6-5-16-7(4-14)2-13(6)3-8-10-9(15)12-11-8/h6-7,14H,2-5H2,1H3,(H2,10,11,12,15). The highest BCUT2D eigenvalue weighted by atomic mass is 16.5. The molecule has 2 heterocycles. The molecule has 7 nitrogen and oxygen atoms in total. The fraction of sp³-hybridized carbons (Fsp3) is 0.778. The number of morpholine rings is 1. The van der Waals surface area contributed by atoms with E-state index in [0.717, 1.165) is 0 Å². The summed E-state index contributed by atoms with van der Waals surface area (Å²) in [6, 6.07) is 0.253. The van der Waals surface area contributed by atoms with Gasteiger partial charge in [0.2, 0.25) is 0 Å². The number of aromatic nitrogens is 3. The predicted octanol–water partition coefficient (Wildman–Crippen LogP) is -1.32. The molecule has 1 aliphatic rings. The molecule has 0 saturated carbocycles. The third-order valence-electron chi connectivity index (χ3n) is 2.74. The molecule has 0 spiro atoms. The van der Waals surface area contributed by atoms with E-state index in [2.05, 4.69) is 20.1 Å². The first kappa shape index (κ1) is 11.3. The first-order chi connectivity index (χ1) is 7.69. The van der Waals surface area contributed by atoms with Crippen LogP contribution < -0.4 is 5.69 Å². The first-order valence-electron chi connectivity index (χ1n) is 5.29. The summed E-state index contributed by atoms with van der Waals surface area (Å²) in [4.78, 5) is 15.6. The van der Waals surface area contributed by atoms with Gasteiger partial charge >= 0.3 is 5.69 Å². The Morgan fingerprint density at radius 2 is 2.50 bits per heavy atom. The molecule has 1 aromatic heterocycles. The lowest BCUT2D eigenvalue weighted by Crippen LogP contribution is -2.49. The summed E-state index contributed by atoms with van der Waals surface area (Å²) in [6.07, 6.45) is -0.151. The van der Waals surface area contributed by atoms with Gasteiger partial charge in [-0.05, 0) is 6.92 Å². The maximum absolute atomic E-state index is 10.9. The minimum atomic E-state index is -0.297. The number of aliphatic hydroxyl groups excluding tert-OH is 1. The topological polar surface area (TPSA) is 94.2 Å². The lowest BCUT2D eigenvalue weighted by molar-refractivity contribution is -0.0811. The van der Waals surface area contributed by atoms with E-state index < -0.39 is 0 Å². The van der Waals surface area contributed by atoms with Crippen LogP contribution in [-0.4, -0.2) is 57.1 Å². The molecule has 16 heavy (non-hydrogen) atoms. The normalized spacial score (nSPS) is 27.1. The number of ether oxygens (including phenoxy) is 1. The van der Waals surface area contributed by atoms with E-state index in [-0.39, 0.29) is 24.4 Å². The molecule has 0 aliphatic carbocycles. The van der Waals surface area contributed by atoms with Crippen LogP contribution in [0.5, 0.6) is 0 Å². The Balaban J connectivity index is 1.99. The molecule has 1 aliphatic heterocycles. The minimum Gasteiger partial charge on any atom is -0.394 e. The van der Waals surface area contributed by atoms with E-state index in [9.17, 15) is 4.79 Å². The average Bonchev–Trinajstić information content (AvgIpc) is 2.67. The summed E-state index contributed by atoms with van der Waals surface area (Å²) in [6.45, 7) is 3.84. The van der Waals surface area contributed by atoms with Gasteiger partial charge in [-0.2, -0.15) is 5.10 Å². The molecule has 90 valence electrons. The molecule has 3 N–H and O–H groups in total. The van der Waals surface area contributed by atoms with Crippen molar-refractivity contribution in [3.63, 3.8) is 0 Å². The van der Waals surface area contributed by atoms with Crippen molar-refractivity contribution in [3.05, 3.63) is 16.3 Å². The molecule has 1 saturated heterocycles. The molecule has 2 atom stereocenters. The fourth-order valence-corrected chi connectivity index (χ4v) is 1.78. The van der Waals surface area contributed by atoms with Crippen LogP contribution in [-0.2, 0) is 11.3 Å². The predicted molar refractivity (Wildman–Crippen MR) is 55.9 cm³/mol.